The van der Waals surface area contributed by atoms with Gasteiger partial charge in [0.05, 0.1) is 12.1 Å². The minimum Gasteiger partial charge on any atom is -0.381 e. The first-order chi connectivity index (χ1) is 11.3. The van der Waals surface area contributed by atoms with E-state index in [0.29, 0.717) is 17.3 Å². The molecule has 2 aromatic rings. The number of nitrogens with one attached hydrogen (secondary N) is 1. The van der Waals surface area contributed by atoms with Crippen LogP contribution in [0, 0.1) is 0 Å². The third kappa shape index (κ3) is 3.92. The maximum absolute atomic E-state index is 12.3. The number of thioether (sulfide) groups is 1. The van der Waals surface area contributed by atoms with Crippen molar-refractivity contribution in [2.24, 2.45) is 0 Å². The minimum absolute atomic E-state index is 0.138. The predicted octanol–water partition coefficient (Wildman–Crippen LogP) is 2.62. The molecule has 1 aromatic heterocycles. The van der Waals surface area contributed by atoms with E-state index >= 15 is 0 Å². The Labute approximate surface area is 139 Å². The molecule has 0 saturated carbocycles. The highest BCUT2D eigenvalue weighted by Crippen LogP contribution is 2.24. The number of nitrogens with zero attached hydrogens (tertiary/aromatic N) is 2. The Kier molecular flexibility index (Phi) is 5.30. The number of ether oxygens (including phenoxy) is 1. The molecule has 1 aromatic carbocycles. The molecule has 1 saturated heterocycles. The van der Waals surface area contributed by atoms with Crippen LogP contribution in [0.25, 0.3) is 0 Å². The van der Waals surface area contributed by atoms with Crippen molar-refractivity contribution in [2.45, 2.75) is 30.2 Å². The van der Waals surface area contributed by atoms with Crippen molar-refractivity contribution in [3.8, 4) is 0 Å². The van der Waals surface area contributed by atoms with Crippen molar-refractivity contribution in [1.29, 1.82) is 0 Å². The first-order valence-electron chi connectivity index (χ1n) is 7.59. The lowest BCUT2D eigenvalue weighted by molar-refractivity contribution is 0.0830. The topological polar surface area (TPSA) is 77.2 Å². The summed E-state index contributed by atoms with van der Waals surface area (Å²) in [4.78, 5) is 17.6. The maximum atomic E-state index is 12.3. The number of carbonyl (C=O) groups is 1. The zero-order valence-corrected chi connectivity index (χ0v) is 13.8. The van der Waals surface area contributed by atoms with Crippen molar-refractivity contribution >= 4 is 17.7 Å². The molecule has 1 N–H and O–H groups in total. The van der Waals surface area contributed by atoms with Crippen molar-refractivity contribution in [3.63, 3.8) is 0 Å². The summed E-state index contributed by atoms with van der Waals surface area (Å²) in [7, 11) is 0. The molecule has 0 spiro atoms. The number of aromatic nitrogens is 2. The van der Waals surface area contributed by atoms with E-state index in [1.165, 1.54) is 0 Å². The van der Waals surface area contributed by atoms with Gasteiger partial charge in [0.15, 0.2) is 5.82 Å². The summed E-state index contributed by atoms with van der Waals surface area (Å²) in [5.74, 6) is 1.29. The van der Waals surface area contributed by atoms with E-state index in [0.717, 1.165) is 31.0 Å². The van der Waals surface area contributed by atoms with Gasteiger partial charge in [-0.05, 0) is 31.2 Å². The van der Waals surface area contributed by atoms with Gasteiger partial charge in [-0.25, -0.2) is 0 Å². The van der Waals surface area contributed by atoms with Crippen LogP contribution < -0.4 is 5.32 Å². The van der Waals surface area contributed by atoms with Crippen LogP contribution >= 0.6 is 11.8 Å². The van der Waals surface area contributed by atoms with Gasteiger partial charge in [-0.2, -0.15) is 4.98 Å². The molecule has 0 aliphatic carbocycles. The van der Waals surface area contributed by atoms with Crippen LogP contribution in [0.1, 0.15) is 40.8 Å². The van der Waals surface area contributed by atoms with Gasteiger partial charge in [0.2, 0.25) is 5.89 Å². The molecule has 0 atom stereocenters. The average molecular weight is 333 g/mol. The molecule has 0 unspecified atom stereocenters. The first kappa shape index (κ1) is 16.0. The maximum Gasteiger partial charge on any atom is 0.252 e. The molecular formula is C16H19N3O3S. The number of carbonyl (C=O) groups excluding carboxylic acids is 1. The number of hydrogen-bond acceptors (Lipinski definition) is 6. The quantitative estimate of drug-likeness (QED) is 0.848. The standard InChI is InChI=1S/C16H19N3O3S/c1-23-13-5-3-2-4-12(13)16(20)17-10-14-18-15(19-22-14)11-6-8-21-9-7-11/h2-5,11H,6-10H2,1H3,(H,17,20). The Morgan fingerprint density at radius 3 is 2.91 bits per heavy atom. The van der Waals surface area contributed by atoms with E-state index in [1.807, 2.05) is 30.5 Å². The van der Waals surface area contributed by atoms with Gasteiger partial charge in [0.25, 0.3) is 5.91 Å². The second kappa shape index (κ2) is 7.61. The zero-order valence-electron chi connectivity index (χ0n) is 12.9. The van der Waals surface area contributed by atoms with E-state index in [1.54, 1.807) is 11.8 Å². The highest BCUT2D eigenvalue weighted by Gasteiger charge is 2.21. The van der Waals surface area contributed by atoms with Crippen LogP contribution in [0.5, 0.6) is 0 Å². The van der Waals surface area contributed by atoms with E-state index in [2.05, 4.69) is 15.5 Å². The lowest BCUT2D eigenvalue weighted by atomic mass is 10.00. The van der Waals surface area contributed by atoms with Gasteiger partial charge < -0.3 is 14.6 Å². The monoisotopic (exact) mass is 333 g/mol. The second-order valence-corrected chi connectivity index (χ2v) is 6.16. The fraction of sp³-hybridized carbons (Fsp3) is 0.438. The Balaban J connectivity index is 1.60. The van der Waals surface area contributed by atoms with Crippen LogP contribution in [0.2, 0.25) is 0 Å². The summed E-state index contributed by atoms with van der Waals surface area (Å²) in [5, 5.41) is 6.86. The molecule has 23 heavy (non-hydrogen) atoms. The smallest absolute Gasteiger partial charge is 0.252 e. The van der Waals surface area contributed by atoms with Crippen molar-refractivity contribution in [3.05, 3.63) is 41.5 Å². The molecule has 3 rings (SSSR count). The van der Waals surface area contributed by atoms with Crippen LogP contribution in [-0.4, -0.2) is 35.5 Å². The van der Waals surface area contributed by atoms with Crippen molar-refractivity contribution in [2.75, 3.05) is 19.5 Å². The van der Waals surface area contributed by atoms with Crippen LogP contribution in [-0.2, 0) is 11.3 Å². The molecule has 7 heteroatoms. The third-order valence-electron chi connectivity index (χ3n) is 3.82. The predicted molar refractivity (Wildman–Crippen MR) is 86.5 cm³/mol. The van der Waals surface area contributed by atoms with E-state index in [4.69, 9.17) is 9.26 Å². The van der Waals surface area contributed by atoms with Crippen LogP contribution in [0.15, 0.2) is 33.7 Å². The normalized spacial score (nSPS) is 15.5. The summed E-state index contributed by atoms with van der Waals surface area (Å²) in [5.41, 5.74) is 0.657. The molecule has 0 radical (unpaired) electrons. The number of rotatable bonds is 5. The summed E-state index contributed by atoms with van der Waals surface area (Å²) in [6.45, 7) is 1.70. The zero-order chi connectivity index (χ0) is 16.1. The summed E-state index contributed by atoms with van der Waals surface area (Å²) < 4.78 is 10.6. The molecule has 6 nitrogen and oxygen atoms in total. The van der Waals surface area contributed by atoms with Crippen molar-refractivity contribution in [1.82, 2.24) is 15.5 Å². The number of hydrogen-bond donors (Lipinski definition) is 1. The van der Waals surface area contributed by atoms with Gasteiger partial charge >= 0.3 is 0 Å². The second-order valence-electron chi connectivity index (χ2n) is 5.32. The summed E-state index contributed by atoms with van der Waals surface area (Å²) in [6.07, 6.45) is 3.77. The van der Waals surface area contributed by atoms with E-state index in [9.17, 15) is 4.79 Å². The summed E-state index contributed by atoms with van der Waals surface area (Å²) in [6, 6.07) is 7.50. The van der Waals surface area contributed by atoms with E-state index < -0.39 is 0 Å². The number of amides is 1. The molecular weight excluding hydrogens is 314 g/mol. The fourth-order valence-electron chi connectivity index (χ4n) is 2.54. The van der Waals surface area contributed by atoms with Gasteiger partial charge in [0.1, 0.15) is 0 Å². The molecule has 1 fully saturated rings. The lowest BCUT2D eigenvalue weighted by Gasteiger charge is -2.18. The highest BCUT2D eigenvalue weighted by molar-refractivity contribution is 7.98. The fourth-order valence-corrected chi connectivity index (χ4v) is 3.14. The lowest BCUT2D eigenvalue weighted by Crippen LogP contribution is -2.23. The Morgan fingerprint density at radius 1 is 1.35 bits per heavy atom. The molecule has 1 amide bonds. The average Bonchev–Trinajstić information content (AvgIpc) is 3.09. The molecule has 1 aliphatic heterocycles. The van der Waals surface area contributed by atoms with E-state index in [-0.39, 0.29) is 18.4 Å². The first-order valence-corrected chi connectivity index (χ1v) is 8.82. The Bertz CT molecular complexity index is 668. The number of benzene rings is 1. The van der Waals surface area contributed by atoms with Gasteiger partial charge in [-0.15, -0.1) is 11.8 Å². The largest absolute Gasteiger partial charge is 0.381 e. The SMILES string of the molecule is CSc1ccccc1C(=O)NCc1nc(C2CCOCC2)no1. The van der Waals surface area contributed by atoms with Gasteiger partial charge in [-0.1, -0.05) is 17.3 Å². The van der Waals surface area contributed by atoms with Gasteiger partial charge in [0, 0.05) is 24.0 Å². The Morgan fingerprint density at radius 2 is 2.13 bits per heavy atom. The highest BCUT2D eigenvalue weighted by atomic mass is 32.2. The Hall–Kier alpha value is -1.86. The van der Waals surface area contributed by atoms with Crippen LogP contribution in [0.3, 0.4) is 0 Å². The van der Waals surface area contributed by atoms with Crippen LogP contribution in [0.4, 0.5) is 0 Å². The van der Waals surface area contributed by atoms with Crippen molar-refractivity contribution < 1.29 is 14.1 Å². The minimum atomic E-state index is -0.138. The molecule has 1 aliphatic rings. The summed E-state index contributed by atoms with van der Waals surface area (Å²) >= 11 is 1.54. The van der Waals surface area contributed by atoms with Gasteiger partial charge in [-0.3, -0.25) is 4.79 Å². The molecule has 2 heterocycles. The molecule has 0 bridgehead atoms. The third-order valence-corrected chi connectivity index (χ3v) is 4.62. The molecule has 122 valence electrons.